The average Bonchev–Trinajstić information content (AvgIpc) is 2.84. The van der Waals surface area contributed by atoms with Gasteiger partial charge in [-0.1, -0.05) is 18.1 Å². The highest BCUT2D eigenvalue weighted by molar-refractivity contribution is 7.89. The molecule has 108 valence electrons. The number of ether oxygens (including phenoxy) is 1. The van der Waals surface area contributed by atoms with Gasteiger partial charge in [0.15, 0.2) is 12.4 Å². The predicted molar refractivity (Wildman–Crippen MR) is 70.6 cm³/mol. The highest BCUT2D eigenvalue weighted by Crippen LogP contribution is 2.24. The molecule has 7 nitrogen and oxygen atoms in total. The fourth-order valence-electron chi connectivity index (χ4n) is 1.59. The third kappa shape index (κ3) is 3.34. The van der Waals surface area contributed by atoms with Gasteiger partial charge in [-0.2, -0.15) is 4.98 Å². The van der Waals surface area contributed by atoms with Crippen molar-refractivity contribution < 1.29 is 17.7 Å². The lowest BCUT2D eigenvalue weighted by Gasteiger charge is -2.09. The molecule has 1 aromatic heterocycles. The van der Waals surface area contributed by atoms with Crippen molar-refractivity contribution in [2.24, 2.45) is 5.14 Å². The zero-order chi connectivity index (χ0) is 14.8. The van der Waals surface area contributed by atoms with Gasteiger partial charge in [-0.25, -0.2) is 13.6 Å². The van der Waals surface area contributed by atoms with Crippen LogP contribution in [0.1, 0.15) is 24.2 Å². The lowest BCUT2D eigenvalue weighted by atomic mass is 10.2. The topological polar surface area (TPSA) is 108 Å². The van der Waals surface area contributed by atoms with Gasteiger partial charge in [0.05, 0.1) is 0 Å². The summed E-state index contributed by atoms with van der Waals surface area (Å²) in [5.41, 5.74) is 0.771. The minimum absolute atomic E-state index is 0.0153. The Hall–Kier alpha value is -1.93. The standard InChI is InChI=1S/C12H15N3O4S/c1-3-11-14-12(19-15-11)7-18-9-5-4-8(2)6-10(9)20(13,16)17/h4-6H,3,7H2,1-2H3,(H2,13,16,17). The maximum absolute atomic E-state index is 11.5. The van der Waals surface area contributed by atoms with Gasteiger partial charge in [0.2, 0.25) is 10.0 Å². The van der Waals surface area contributed by atoms with Crippen molar-refractivity contribution in [1.82, 2.24) is 10.1 Å². The zero-order valence-corrected chi connectivity index (χ0v) is 12.0. The molecular formula is C12H15N3O4S. The first-order valence-corrected chi connectivity index (χ1v) is 7.52. The second-order valence-electron chi connectivity index (χ2n) is 4.24. The van der Waals surface area contributed by atoms with E-state index in [0.717, 1.165) is 5.56 Å². The molecule has 2 aromatic rings. The van der Waals surface area contributed by atoms with E-state index < -0.39 is 10.0 Å². The van der Waals surface area contributed by atoms with Gasteiger partial charge in [-0.3, -0.25) is 0 Å². The lowest BCUT2D eigenvalue weighted by Crippen LogP contribution is -2.14. The third-order valence-corrected chi connectivity index (χ3v) is 3.52. The van der Waals surface area contributed by atoms with Crippen molar-refractivity contribution in [3.05, 3.63) is 35.5 Å². The number of hydrogen-bond acceptors (Lipinski definition) is 6. The SMILES string of the molecule is CCc1noc(COc2ccc(C)cc2S(N)(=O)=O)n1. The van der Waals surface area contributed by atoms with Gasteiger partial charge < -0.3 is 9.26 Å². The summed E-state index contributed by atoms with van der Waals surface area (Å²) in [6.45, 7) is 3.65. The van der Waals surface area contributed by atoms with Gasteiger partial charge in [0.1, 0.15) is 10.6 Å². The molecule has 0 saturated heterocycles. The molecule has 0 atom stereocenters. The van der Waals surface area contributed by atoms with Crippen LogP contribution in [0.25, 0.3) is 0 Å². The number of hydrogen-bond donors (Lipinski definition) is 1. The van der Waals surface area contributed by atoms with Gasteiger partial charge in [0.25, 0.3) is 5.89 Å². The van der Waals surface area contributed by atoms with Gasteiger partial charge in [-0.15, -0.1) is 0 Å². The summed E-state index contributed by atoms with van der Waals surface area (Å²) in [7, 11) is -3.85. The summed E-state index contributed by atoms with van der Waals surface area (Å²) >= 11 is 0. The molecule has 0 spiro atoms. The molecule has 0 radical (unpaired) electrons. The molecular weight excluding hydrogens is 282 g/mol. The first-order valence-electron chi connectivity index (χ1n) is 5.98. The lowest BCUT2D eigenvalue weighted by molar-refractivity contribution is 0.237. The van der Waals surface area contributed by atoms with Crippen molar-refractivity contribution in [3.63, 3.8) is 0 Å². The second kappa shape index (κ2) is 5.59. The maximum atomic E-state index is 11.5. The molecule has 8 heteroatoms. The predicted octanol–water partition coefficient (Wildman–Crippen LogP) is 1.17. The van der Waals surface area contributed by atoms with E-state index in [1.807, 2.05) is 6.92 Å². The number of aromatic nitrogens is 2. The van der Waals surface area contributed by atoms with E-state index in [0.29, 0.717) is 12.2 Å². The molecule has 0 aliphatic carbocycles. The largest absolute Gasteiger partial charge is 0.482 e. The van der Waals surface area contributed by atoms with E-state index in [2.05, 4.69) is 10.1 Å². The van der Waals surface area contributed by atoms with E-state index in [1.54, 1.807) is 19.1 Å². The molecule has 0 bridgehead atoms. The number of primary sulfonamides is 1. The van der Waals surface area contributed by atoms with Crippen molar-refractivity contribution in [2.75, 3.05) is 0 Å². The van der Waals surface area contributed by atoms with Crippen LogP contribution in [0, 0.1) is 6.92 Å². The molecule has 0 unspecified atom stereocenters. The number of nitrogens with zero attached hydrogens (tertiary/aromatic N) is 2. The molecule has 0 fully saturated rings. The molecule has 1 aromatic carbocycles. The van der Waals surface area contributed by atoms with Crippen LogP contribution in [-0.2, 0) is 23.1 Å². The Bertz CT molecular complexity index is 709. The normalized spacial score (nSPS) is 11.6. The maximum Gasteiger partial charge on any atom is 0.264 e. The van der Waals surface area contributed by atoms with Crippen LogP contribution in [0.2, 0.25) is 0 Å². The molecule has 0 amide bonds. The van der Waals surface area contributed by atoms with Crippen LogP contribution in [0.15, 0.2) is 27.6 Å². The first-order chi connectivity index (χ1) is 9.40. The van der Waals surface area contributed by atoms with E-state index >= 15 is 0 Å². The number of rotatable bonds is 5. The summed E-state index contributed by atoms with van der Waals surface area (Å²) in [6, 6.07) is 4.73. The average molecular weight is 297 g/mol. The van der Waals surface area contributed by atoms with Crippen molar-refractivity contribution in [3.8, 4) is 5.75 Å². The Balaban J connectivity index is 2.21. The number of nitrogens with two attached hydrogens (primary N) is 1. The first kappa shape index (κ1) is 14.5. The van der Waals surface area contributed by atoms with Gasteiger partial charge in [0, 0.05) is 6.42 Å². The van der Waals surface area contributed by atoms with Crippen LogP contribution in [0.4, 0.5) is 0 Å². The van der Waals surface area contributed by atoms with Crippen LogP contribution in [-0.4, -0.2) is 18.6 Å². The van der Waals surface area contributed by atoms with E-state index in [9.17, 15) is 8.42 Å². The summed E-state index contributed by atoms with van der Waals surface area (Å²) in [6.07, 6.45) is 0.649. The molecule has 2 N–H and O–H groups in total. The Morgan fingerprint density at radius 2 is 2.15 bits per heavy atom. The van der Waals surface area contributed by atoms with E-state index in [1.165, 1.54) is 6.07 Å². The van der Waals surface area contributed by atoms with Crippen molar-refractivity contribution >= 4 is 10.0 Å². The quantitative estimate of drug-likeness (QED) is 0.887. The molecule has 1 heterocycles. The van der Waals surface area contributed by atoms with Crippen LogP contribution in [0.3, 0.4) is 0 Å². The van der Waals surface area contributed by atoms with Gasteiger partial charge >= 0.3 is 0 Å². The Kier molecular flexibility index (Phi) is 4.05. The Morgan fingerprint density at radius 1 is 1.40 bits per heavy atom. The fourth-order valence-corrected chi connectivity index (χ4v) is 2.35. The molecule has 0 aliphatic heterocycles. The van der Waals surface area contributed by atoms with E-state index in [4.69, 9.17) is 14.4 Å². The molecule has 0 aliphatic rings. The van der Waals surface area contributed by atoms with Crippen LogP contribution in [0.5, 0.6) is 5.75 Å². The van der Waals surface area contributed by atoms with Crippen molar-refractivity contribution in [1.29, 1.82) is 0 Å². The highest BCUT2D eigenvalue weighted by Gasteiger charge is 2.16. The minimum atomic E-state index is -3.85. The molecule has 2 rings (SSSR count). The number of aryl methyl sites for hydroxylation is 2. The van der Waals surface area contributed by atoms with Gasteiger partial charge in [-0.05, 0) is 24.6 Å². The number of benzene rings is 1. The fraction of sp³-hybridized carbons (Fsp3) is 0.333. The summed E-state index contributed by atoms with van der Waals surface area (Å²) in [5, 5.41) is 8.89. The van der Waals surface area contributed by atoms with Crippen LogP contribution < -0.4 is 9.88 Å². The smallest absolute Gasteiger partial charge is 0.264 e. The zero-order valence-electron chi connectivity index (χ0n) is 11.2. The summed E-state index contributed by atoms with van der Waals surface area (Å²) in [4.78, 5) is 4.01. The molecule has 0 saturated carbocycles. The number of sulfonamides is 1. The Labute approximate surface area is 116 Å². The Morgan fingerprint density at radius 3 is 2.75 bits per heavy atom. The second-order valence-corrected chi connectivity index (χ2v) is 5.77. The van der Waals surface area contributed by atoms with E-state index in [-0.39, 0.29) is 23.1 Å². The summed E-state index contributed by atoms with van der Waals surface area (Å²) < 4.78 is 33.4. The van der Waals surface area contributed by atoms with Crippen molar-refractivity contribution in [2.45, 2.75) is 31.8 Å². The minimum Gasteiger partial charge on any atom is -0.482 e. The van der Waals surface area contributed by atoms with Crippen LogP contribution >= 0.6 is 0 Å². The third-order valence-electron chi connectivity index (χ3n) is 2.58. The highest BCUT2D eigenvalue weighted by atomic mass is 32.2. The molecule has 20 heavy (non-hydrogen) atoms. The monoisotopic (exact) mass is 297 g/mol. The summed E-state index contributed by atoms with van der Waals surface area (Å²) in [5.74, 6) is 1.01.